The van der Waals surface area contributed by atoms with Gasteiger partial charge >= 0.3 is 12.0 Å². The summed E-state index contributed by atoms with van der Waals surface area (Å²) in [6, 6.07) is 10.7. The first-order valence-electron chi connectivity index (χ1n) is 10.4. The Morgan fingerprint density at radius 1 is 1.03 bits per heavy atom. The van der Waals surface area contributed by atoms with Crippen molar-refractivity contribution in [2.45, 2.75) is 32.2 Å². The van der Waals surface area contributed by atoms with Crippen molar-refractivity contribution < 1.29 is 23.5 Å². The molecule has 2 N–H and O–H groups in total. The molecule has 3 rings (SSSR count). The summed E-state index contributed by atoms with van der Waals surface area (Å²) in [5.41, 5.74) is 2.04. The minimum atomic E-state index is -0.722. The van der Waals surface area contributed by atoms with Crippen LogP contribution < -0.4 is 15.5 Å². The van der Waals surface area contributed by atoms with Gasteiger partial charge in [-0.05, 0) is 48.7 Å². The minimum absolute atomic E-state index is 0.144. The van der Waals surface area contributed by atoms with Gasteiger partial charge < -0.3 is 19.4 Å². The number of nitrogens with one attached hydrogen (secondary N) is 2. The van der Waals surface area contributed by atoms with Crippen LogP contribution in [0, 0.1) is 0 Å². The summed E-state index contributed by atoms with van der Waals surface area (Å²) < 4.78 is 9.93. The van der Waals surface area contributed by atoms with Gasteiger partial charge in [0.25, 0.3) is 5.91 Å². The quantitative estimate of drug-likeness (QED) is 0.522. The van der Waals surface area contributed by atoms with Crippen LogP contribution in [0.4, 0.5) is 10.5 Å². The molecule has 2 aromatic rings. The van der Waals surface area contributed by atoms with Crippen molar-refractivity contribution >= 4 is 29.7 Å². The molecule has 2 heterocycles. The van der Waals surface area contributed by atoms with Crippen LogP contribution in [0.5, 0.6) is 0 Å². The second kappa shape index (κ2) is 11.6. The molecular formula is C23H27N3O5. The fourth-order valence-corrected chi connectivity index (χ4v) is 3.26. The van der Waals surface area contributed by atoms with E-state index in [2.05, 4.69) is 15.5 Å². The number of carbonyl (C=O) groups excluding carboxylic acids is 3. The van der Waals surface area contributed by atoms with Crippen LogP contribution >= 0.6 is 0 Å². The van der Waals surface area contributed by atoms with Crippen molar-refractivity contribution in [3.05, 3.63) is 60.1 Å². The molecule has 1 aliphatic heterocycles. The van der Waals surface area contributed by atoms with Gasteiger partial charge in [-0.25, -0.2) is 9.59 Å². The molecule has 0 spiro atoms. The highest BCUT2D eigenvalue weighted by molar-refractivity contribution is 5.96. The highest BCUT2D eigenvalue weighted by atomic mass is 16.5. The molecule has 1 saturated heterocycles. The molecule has 0 saturated carbocycles. The van der Waals surface area contributed by atoms with Crippen LogP contribution in [-0.4, -0.2) is 37.6 Å². The summed E-state index contributed by atoms with van der Waals surface area (Å²) in [5.74, 6) is -0.832. The van der Waals surface area contributed by atoms with E-state index in [4.69, 9.17) is 9.15 Å². The van der Waals surface area contributed by atoms with Gasteiger partial charge in [-0.1, -0.05) is 25.0 Å². The minimum Gasteiger partial charge on any atom is -0.467 e. The maximum atomic E-state index is 11.8. The van der Waals surface area contributed by atoms with E-state index in [0.29, 0.717) is 5.76 Å². The molecule has 0 aliphatic carbocycles. The van der Waals surface area contributed by atoms with E-state index < -0.39 is 24.5 Å². The number of esters is 1. The Bertz CT molecular complexity index is 882. The van der Waals surface area contributed by atoms with Crippen LogP contribution in [0.1, 0.15) is 37.0 Å². The third-order valence-electron chi connectivity index (χ3n) is 4.88. The lowest BCUT2D eigenvalue weighted by Crippen LogP contribution is -2.41. The number of rotatable bonds is 7. The van der Waals surface area contributed by atoms with E-state index in [0.717, 1.165) is 18.7 Å². The third kappa shape index (κ3) is 7.65. The van der Waals surface area contributed by atoms with E-state index in [1.165, 1.54) is 43.7 Å². The van der Waals surface area contributed by atoms with Gasteiger partial charge in [-0.2, -0.15) is 0 Å². The fraction of sp³-hybridized carbons (Fsp3) is 0.348. The number of urea groups is 1. The number of hydrogen-bond donors (Lipinski definition) is 2. The second-order valence-electron chi connectivity index (χ2n) is 7.24. The van der Waals surface area contributed by atoms with Gasteiger partial charge in [0, 0.05) is 24.9 Å². The fourth-order valence-electron chi connectivity index (χ4n) is 3.26. The van der Waals surface area contributed by atoms with Crippen LogP contribution in [0.25, 0.3) is 6.08 Å². The van der Waals surface area contributed by atoms with E-state index >= 15 is 0 Å². The predicted molar refractivity (Wildman–Crippen MR) is 116 cm³/mol. The van der Waals surface area contributed by atoms with Crippen molar-refractivity contribution in [2.24, 2.45) is 0 Å². The zero-order valence-corrected chi connectivity index (χ0v) is 17.3. The van der Waals surface area contributed by atoms with Crippen LogP contribution in [0.15, 0.2) is 53.2 Å². The average Bonchev–Trinajstić information content (AvgIpc) is 3.15. The zero-order valence-electron chi connectivity index (χ0n) is 17.3. The monoisotopic (exact) mass is 425 g/mol. The number of furan rings is 1. The molecular weight excluding hydrogens is 398 g/mol. The summed E-state index contributed by atoms with van der Waals surface area (Å²) in [4.78, 5) is 37.5. The van der Waals surface area contributed by atoms with Crippen molar-refractivity contribution in [2.75, 3.05) is 24.6 Å². The first-order valence-corrected chi connectivity index (χ1v) is 10.4. The standard InChI is InChI=1S/C23H27N3O5/c27-21(25-23(29)24-16-20-6-5-15-30-20)17-31-22(28)12-9-18-7-10-19(11-8-18)26-13-3-1-2-4-14-26/h5-12,15H,1-4,13-14,16-17H2,(H2,24,25,27,29)/b12-9+. The molecule has 0 bridgehead atoms. The molecule has 0 radical (unpaired) electrons. The normalized spacial score (nSPS) is 14.1. The summed E-state index contributed by atoms with van der Waals surface area (Å²) in [6.07, 6.45) is 9.37. The highest BCUT2D eigenvalue weighted by Crippen LogP contribution is 2.20. The largest absolute Gasteiger partial charge is 0.467 e. The molecule has 8 nitrogen and oxygen atoms in total. The first-order chi connectivity index (χ1) is 15.1. The van der Waals surface area contributed by atoms with Gasteiger partial charge in [0.05, 0.1) is 12.8 Å². The molecule has 1 aromatic carbocycles. The number of benzene rings is 1. The maximum absolute atomic E-state index is 11.8. The molecule has 8 heteroatoms. The molecule has 0 unspecified atom stereocenters. The van der Waals surface area contributed by atoms with E-state index in [1.807, 2.05) is 24.3 Å². The number of hydrogen-bond acceptors (Lipinski definition) is 6. The predicted octanol–water partition coefficient (Wildman–Crippen LogP) is 3.24. The number of amides is 3. The molecule has 164 valence electrons. The molecule has 1 aliphatic rings. The lowest BCUT2D eigenvalue weighted by atomic mass is 10.1. The SMILES string of the molecule is O=C(COC(=O)/C=C/c1ccc(N2CCCCCC2)cc1)NC(=O)NCc1ccco1. The first kappa shape index (κ1) is 22.1. The lowest BCUT2D eigenvalue weighted by molar-refractivity contribution is -0.143. The number of imide groups is 1. The van der Waals surface area contributed by atoms with Crippen molar-refractivity contribution in [3.8, 4) is 0 Å². The number of ether oxygens (including phenoxy) is 1. The van der Waals surface area contributed by atoms with E-state index in [-0.39, 0.29) is 6.54 Å². The molecule has 1 fully saturated rings. The van der Waals surface area contributed by atoms with Gasteiger partial charge in [-0.3, -0.25) is 10.1 Å². The van der Waals surface area contributed by atoms with Crippen molar-refractivity contribution in [3.63, 3.8) is 0 Å². The Hall–Kier alpha value is -3.55. The maximum Gasteiger partial charge on any atom is 0.331 e. The second-order valence-corrected chi connectivity index (χ2v) is 7.24. The van der Waals surface area contributed by atoms with Gasteiger partial charge in [0.1, 0.15) is 5.76 Å². The molecule has 0 atom stereocenters. The Kier molecular flexibility index (Phi) is 8.28. The van der Waals surface area contributed by atoms with E-state index in [1.54, 1.807) is 18.2 Å². The zero-order chi connectivity index (χ0) is 21.9. The summed E-state index contributed by atoms with van der Waals surface area (Å²) in [5, 5.41) is 4.54. The topological polar surface area (TPSA) is 101 Å². The Labute approximate surface area is 181 Å². The Morgan fingerprint density at radius 2 is 1.77 bits per heavy atom. The number of carbonyl (C=O) groups is 3. The summed E-state index contributed by atoms with van der Waals surface area (Å²) in [7, 11) is 0. The van der Waals surface area contributed by atoms with Crippen LogP contribution in [0.2, 0.25) is 0 Å². The average molecular weight is 425 g/mol. The van der Waals surface area contributed by atoms with Gasteiger partial charge in [0.15, 0.2) is 6.61 Å². The Morgan fingerprint density at radius 3 is 2.45 bits per heavy atom. The summed E-state index contributed by atoms with van der Waals surface area (Å²) >= 11 is 0. The molecule has 31 heavy (non-hydrogen) atoms. The Balaban J connectivity index is 1.37. The van der Waals surface area contributed by atoms with Gasteiger partial charge in [-0.15, -0.1) is 0 Å². The van der Waals surface area contributed by atoms with Crippen LogP contribution in [0.3, 0.4) is 0 Å². The lowest BCUT2D eigenvalue weighted by Gasteiger charge is -2.22. The van der Waals surface area contributed by atoms with Crippen LogP contribution in [-0.2, 0) is 20.9 Å². The smallest absolute Gasteiger partial charge is 0.331 e. The van der Waals surface area contributed by atoms with Crippen molar-refractivity contribution in [1.29, 1.82) is 0 Å². The molecule has 3 amide bonds. The molecule has 1 aromatic heterocycles. The number of anilines is 1. The van der Waals surface area contributed by atoms with E-state index in [9.17, 15) is 14.4 Å². The third-order valence-corrected chi connectivity index (χ3v) is 4.88. The van der Waals surface area contributed by atoms with Gasteiger partial charge in [0.2, 0.25) is 0 Å². The number of nitrogens with zero attached hydrogens (tertiary/aromatic N) is 1. The van der Waals surface area contributed by atoms with Crippen molar-refractivity contribution in [1.82, 2.24) is 10.6 Å². The highest BCUT2D eigenvalue weighted by Gasteiger charge is 2.11. The summed E-state index contributed by atoms with van der Waals surface area (Å²) in [6.45, 7) is 1.74.